The summed E-state index contributed by atoms with van der Waals surface area (Å²) in [5, 5.41) is 0. The topological polar surface area (TPSA) is 55.3 Å². The number of rotatable bonds is 5. The van der Waals surface area contributed by atoms with Crippen LogP contribution in [0.5, 0.6) is 0 Å². The minimum Gasteiger partial charge on any atom is -0.465 e. The standard InChI is InChI=1S/C13H19N3O2/c1-4-18-12(17)8-16(11-5-6-11)13-10(3)14-7-9(2)15-13/h7,11H,4-6,8H2,1-3H3. The minimum absolute atomic E-state index is 0.202. The normalized spacial score (nSPS) is 14.4. The molecule has 18 heavy (non-hydrogen) atoms. The zero-order valence-corrected chi connectivity index (χ0v) is 11.1. The van der Waals surface area contributed by atoms with Crippen molar-refractivity contribution in [3.05, 3.63) is 17.6 Å². The lowest BCUT2D eigenvalue weighted by Gasteiger charge is -2.23. The van der Waals surface area contributed by atoms with E-state index in [0.29, 0.717) is 12.6 Å². The predicted molar refractivity (Wildman–Crippen MR) is 68.5 cm³/mol. The molecule has 5 nitrogen and oxygen atoms in total. The summed E-state index contributed by atoms with van der Waals surface area (Å²) in [7, 11) is 0. The summed E-state index contributed by atoms with van der Waals surface area (Å²) in [5.41, 5.74) is 1.72. The first-order valence-corrected chi connectivity index (χ1v) is 6.34. The molecule has 1 aromatic heterocycles. The second kappa shape index (κ2) is 5.33. The van der Waals surface area contributed by atoms with Crippen LogP contribution < -0.4 is 4.90 Å². The summed E-state index contributed by atoms with van der Waals surface area (Å²) in [6.07, 6.45) is 3.96. The molecule has 1 aliphatic rings. The van der Waals surface area contributed by atoms with Gasteiger partial charge in [0.25, 0.3) is 0 Å². The number of aryl methyl sites for hydroxylation is 2. The number of carbonyl (C=O) groups excluding carboxylic acids is 1. The molecule has 0 radical (unpaired) electrons. The van der Waals surface area contributed by atoms with Crippen LogP contribution >= 0.6 is 0 Å². The Labute approximate surface area is 107 Å². The van der Waals surface area contributed by atoms with Gasteiger partial charge in [-0.25, -0.2) is 4.98 Å². The number of anilines is 1. The van der Waals surface area contributed by atoms with Gasteiger partial charge in [0.1, 0.15) is 6.54 Å². The maximum Gasteiger partial charge on any atom is 0.325 e. The van der Waals surface area contributed by atoms with E-state index in [1.165, 1.54) is 0 Å². The highest BCUT2D eigenvalue weighted by Gasteiger charge is 2.32. The largest absolute Gasteiger partial charge is 0.465 e. The van der Waals surface area contributed by atoms with E-state index in [2.05, 4.69) is 9.97 Å². The SMILES string of the molecule is CCOC(=O)CN(c1nc(C)cnc1C)C1CC1. The highest BCUT2D eigenvalue weighted by atomic mass is 16.5. The average Bonchev–Trinajstić information content (AvgIpc) is 3.14. The van der Waals surface area contributed by atoms with Crippen LogP contribution in [0, 0.1) is 13.8 Å². The van der Waals surface area contributed by atoms with Crippen LogP contribution in [0.4, 0.5) is 5.82 Å². The molecule has 0 aromatic carbocycles. The zero-order valence-electron chi connectivity index (χ0n) is 11.1. The van der Waals surface area contributed by atoms with Gasteiger partial charge in [0.05, 0.1) is 18.0 Å². The lowest BCUT2D eigenvalue weighted by Crippen LogP contribution is -2.34. The van der Waals surface area contributed by atoms with Crippen molar-refractivity contribution in [1.29, 1.82) is 0 Å². The highest BCUT2D eigenvalue weighted by molar-refractivity contribution is 5.76. The van der Waals surface area contributed by atoms with Gasteiger partial charge in [-0.05, 0) is 33.6 Å². The van der Waals surface area contributed by atoms with Gasteiger partial charge >= 0.3 is 5.97 Å². The van der Waals surface area contributed by atoms with E-state index < -0.39 is 0 Å². The zero-order chi connectivity index (χ0) is 13.1. The first-order chi connectivity index (χ1) is 8.61. The number of esters is 1. The van der Waals surface area contributed by atoms with Crippen LogP contribution in [0.1, 0.15) is 31.2 Å². The van der Waals surface area contributed by atoms with E-state index in [9.17, 15) is 4.79 Å². The molecule has 1 aliphatic carbocycles. The Morgan fingerprint density at radius 1 is 1.50 bits per heavy atom. The first kappa shape index (κ1) is 12.8. The van der Waals surface area contributed by atoms with Gasteiger partial charge in [0.15, 0.2) is 5.82 Å². The number of hydrogen-bond acceptors (Lipinski definition) is 5. The van der Waals surface area contributed by atoms with Crippen LogP contribution in [-0.2, 0) is 9.53 Å². The third kappa shape index (κ3) is 2.97. The number of nitrogens with zero attached hydrogens (tertiary/aromatic N) is 3. The Kier molecular flexibility index (Phi) is 3.79. The van der Waals surface area contributed by atoms with Crippen LogP contribution in [0.2, 0.25) is 0 Å². The molecular formula is C13H19N3O2. The summed E-state index contributed by atoms with van der Waals surface area (Å²) < 4.78 is 5.01. The minimum atomic E-state index is -0.202. The van der Waals surface area contributed by atoms with E-state index in [0.717, 1.165) is 30.0 Å². The molecule has 98 valence electrons. The van der Waals surface area contributed by atoms with Gasteiger partial charge in [-0.2, -0.15) is 0 Å². The molecule has 1 heterocycles. The van der Waals surface area contributed by atoms with Crippen LogP contribution in [0.25, 0.3) is 0 Å². The van der Waals surface area contributed by atoms with Gasteiger partial charge in [-0.15, -0.1) is 0 Å². The molecule has 0 spiro atoms. The smallest absolute Gasteiger partial charge is 0.325 e. The number of aromatic nitrogens is 2. The number of carbonyl (C=O) groups is 1. The van der Waals surface area contributed by atoms with E-state index in [-0.39, 0.29) is 12.5 Å². The summed E-state index contributed by atoms with van der Waals surface area (Å²) in [5.74, 6) is 0.609. The highest BCUT2D eigenvalue weighted by Crippen LogP contribution is 2.31. The predicted octanol–water partition coefficient (Wildman–Crippen LogP) is 1.63. The van der Waals surface area contributed by atoms with E-state index in [1.807, 2.05) is 25.7 Å². The fourth-order valence-electron chi connectivity index (χ4n) is 1.91. The summed E-state index contributed by atoms with van der Waals surface area (Å²) >= 11 is 0. The maximum absolute atomic E-state index is 11.6. The van der Waals surface area contributed by atoms with Gasteiger partial charge in [0, 0.05) is 12.2 Å². The van der Waals surface area contributed by atoms with E-state index in [1.54, 1.807) is 6.20 Å². The van der Waals surface area contributed by atoms with Crippen molar-refractivity contribution < 1.29 is 9.53 Å². The molecule has 0 aliphatic heterocycles. The number of hydrogen-bond donors (Lipinski definition) is 0. The summed E-state index contributed by atoms with van der Waals surface area (Å²) in [4.78, 5) is 22.5. The molecule has 0 saturated heterocycles. The molecule has 5 heteroatoms. The fraction of sp³-hybridized carbons (Fsp3) is 0.615. The van der Waals surface area contributed by atoms with Crippen molar-refractivity contribution in [2.45, 2.75) is 39.7 Å². The van der Waals surface area contributed by atoms with Crippen LogP contribution in [0.3, 0.4) is 0 Å². The Balaban J connectivity index is 2.19. The van der Waals surface area contributed by atoms with Crippen molar-refractivity contribution >= 4 is 11.8 Å². The lowest BCUT2D eigenvalue weighted by molar-refractivity contribution is -0.141. The van der Waals surface area contributed by atoms with E-state index in [4.69, 9.17) is 4.74 Å². The maximum atomic E-state index is 11.6. The Morgan fingerprint density at radius 2 is 2.22 bits per heavy atom. The van der Waals surface area contributed by atoms with Crippen molar-refractivity contribution in [3.63, 3.8) is 0 Å². The van der Waals surface area contributed by atoms with Crippen LogP contribution in [0.15, 0.2) is 6.20 Å². The van der Waals surface area contributed by atoms with Gasteiger partial charge in [0.2, 0.25) is 0 Å². The molecule has 1 aromatic rings. The molecule has 0 amide bonds. The third-order valence-corrected chi connectivity index (χ3v) is 2.92. The Morgan fingerprint density at radius 3 is 2.83 bits per heavy atom. The van der Waals surface area contributed by atoms with Crippen molar-refractivity contribution in [2.24, 2.45) is 0 Å². The van der Waals surface area contributed by atoms with Gasteiger partial charge in [-0.1, -0.05) is 0 Å². The molecule has 0 atom stereocenters. The molecule has 1 saturated carbocycles. The molecule has 0 unspecified atom stereocenters. The number of ether oxygens (including phenoxy) is 1. The second-order valence-electron chi connectivity index (χ2n) is 4.58. The Bertz CT molecular complexity index is 444. The molecular weight excluding hydrogens is 230 g/mol. The van der Waals surface area contributed by atoms with E-state index >= 15 is 0 Å². The monoisotopic (exact) mass is 249 g/mol. The lowest BCUT2D eigenvalue weighted by atomic mass is 10.3. The van der Waals surface area contributed by atoms with Crippen molar-refractivity contribution in [1.82, 2.24) is 9.97 Å². The Hall–Kier alpha value is -1.65. The third-order valence-electron chi connectivity index (χ3n) is 2.92. The van der Waals surface area contributed by atoms with Crippen molar-refractivity contribution in [3.8, 4) is 0 Å². The summed E-state index contributed by atoms with van der Waals surface area (Å²) in [6, 6.07) is 0.407. The molecule has 0 N–H and O–H groups in total. The molecule has 1 fully saturated rings. The van der Waals surface area contributed by atoms with Crippen LogP contribution in [-0.4, -0.2) is 35.1 Å². The first-order valence-electron chi connectivity index (χ1n) is 6.34. The van der Waals surface area contributed by atoms with Gasteiger partial charge < -0.3 is 9.64 Å². The van der Waals surface area contributed by atoms with Crippen molar-refractivity contribution in [2.75, 3.05) is 18.1 Å². The molecule has 0 bridgehead atoms. The molecule has 2 rings (SSSR count). The average molecular weight is 249 g/mol. The second-order valence-corrected chi connectivity index (χ2v) is 4.58. The summed E-state index contributed by atoms with van der Waals surface area (Å²) in [6.45, 7) is 6.32. The fourth-order valence-corrected chi connectivity index (χ4v) is 1.91. The quantitative estimate of drug-likeness (QED) is 0.742. The van der Waals surface area contributed by atoms with Gasteiger partial charge in [-0.3, -0.25) is 9.78 Å².